The van der Waals surface area contributed by atoms with Gasteiger partial charge >= 0.3 is 33.3 Å². The number of aliphatic hydroxyl groups is 3. The second-order valence-corrected chi connectivity index (χ2v) is 15.3. The van der Waals surface area contributed by atoms with Gasteiger partial charge in [-0.25, -0.2) is 8.98 Å². The van der Waals surface area contributed by atoms with Crippen LogP contribution in [0.15, 0.2) is 30.3 Å². The van der Waals surface area contributed by atoms with Gasteiger partial charge in [0.25, 0.3) is 8.32 Å². The van der Waals surface area contributed by atoms with Gasteiger partial charge in [0, 0.05) is 0 Å². The van der Waals surface area contributed by atoms with E-state index in [4.69, 9.17) is 4.43 Å². The number of carbonyl (C=O) groups excluding carboxylic acids is 2. The molecular formula is C19H25F5O9SSi. The van der Waals surface area contributed by atoms with E-state index in [2.05, 4.69) is 4.18 Å². The van der Waals surface area contributed by atoms with Crippen LogP contribution in [0.25, 0.3) is 0 Å². The molecule has 0 aromatic heterocycles. The molecule has 0 radical (unpaired) electrons. The zero-order valence-corrected chi connectivity index (χ0v) is 20.9. The first kappa shape index (κ1) is 31.0. The molecular weight excluding hydrogens is 527 g/mol. The van der Waals surface area contributed by atoms with Crippen molar-refractivity contribution in [2.45, 2.75) is 68.3 Å². The second-order valence-electron chi connectivity index (χ2n) is 9.02. The fourth-order valence-corrected chi connectivity index (χ4v) is 3.71. The lowest BCUT2D eigenvalue weighted by atomic mass is 9.93. The predicted octanol–water partition coefficient (Wildman–Crippen LogP) is 2.39. The SMILES string of the molecule is CC(C)(C)[Si](C)(C)OC(=O)C(F)(F)[C@](O)(OS(=O)(=O)C(F)(F)F)C(=O)C(O)C(O)c1ccccc1. The van der Waals surface area contributed by atoms with Gasteiger partial charge in [-0.15, -0.1) is 0 Å². The fourth-order valence-electron chi connectivity index (χ4n) is 2.22. The molecule has 0 aliphatic heterocycles. The number of aliphatic hydroxyl groups excluding tert-OH is 2. The van der Waals surface area contributed by atoms with Crippen LogP contribution in [0.3, 0.4) is 0 Å². The highest BCUT2D eigenvalue weighted by Gasteiger charge is 2.72. The Balaban J connectivity index is 3.63. The van der Waals surface area contributed by atoms with Gasteiger partial charge in [-0.1, -0.05) is 51.1 Å². The van der Waals surface area contributed by atoms with Crippen LogP contribution in [0.5, 0.6) is 0 Å². The number of alkyl halides is 5. The Labute approximate surface area is 198 Å². The molecule has 9 nitrogen and oxygen atoms in total. The number of ketones is 1. The molecule has 0 aliphatic rings. The molecule has 1 aromatic rings. The molecule has 0 bridgehead atoms. The topological polar surface area (TPSA) is 147 Å². The lowest BCUT2D eigenvalue weighted by molar-refractivity contribution is -0.268. The lowest BCUT2D eigenvalue weighted by Gasteiger charge is -2.39. The van der Waals surface area contributed by atoms with Crippen LogP contribution in [0, 0.1) is 0 Å². The first-order valence-electron chi connectivity index (χ1n) is 9.73. The van der Waals surface area contributed by atoms with Crippen LogP contribution in [0.2, 0.25) is 18.1 Å². The van der Waals surface area contributed by atoms with Crippen LogP contribution in [0.4, 0.5) is 22.0 Å². The van der Waals surface area contributed by atoms with E-state index in [1.165, 1.54) is 52.1 Å². The van der Waals surface area contributed by atoms with Crippen molar-refractivity contribution in [1.29, 1.82) is 0 Å². The zero-order chi connectivity index (χ0) is 27.8. The number of hydrogen-bond donors (Lipinski definition) is 3. The largest absolute Gasteiger partial charge is 0.523 e. The number of rotatable bonds is 9. The minimum Gasteiger partial charge on any atom is -0.515 e. The molecule has 35 heavy (non-hydrogen) atoms. The molecule has 0 heterocycles. The van der Waals surface area contributed by atoms with Gasteiger partial charge in [0.1, 0.15) is 12.2 Å². The van der Waals surface area contributed by atoms with Crippen LogP contribution in [-0.2, 0) is 28.3 Å². The molecule has 3 N–H and O–H groups in total. The van der Waals surface area contributed by atoms with E-state index in [1.807, 2.05) is 0 Å². The summed E-state index contributed by atoms with van der Waals surface area (Å²) in [6, 6.07) is 6.06. The van der Waals surface area contributed by atoms with Crippen LogP contribution in [-0.4, -0.2) is 67.1 Å². The lowest BCUT2D eigenvalue weighted by Crippen LogP contribution is -2.66. The van der Waals surface area contributed by atoms with Gasteiger partial charge in [0.2, 0.25) is 5.78 Å². The Bertz CT molecular complexity index is 1040. The van der Waals surface area contributed by atoms with Crippen LogP contribution >= 0.6 is 0 Å². The van der Waals surface area contributed by atoms with Crippen LogP contribution in [0.1, 0.15) is 32.4 Å². The van der Waals surface area contributed by atoms with Crippen LogP contribution < -0.4 is 0 Å². The van der Waals surface area contributed by atoms with Gasteiger partial charge in [-0.05, 0) is 23.7 Å². The Hall–Kier alpha value is -1.98. The van der Waals surface area contributed by atoms with Crippen molar-refractivity contribution < 1.29 is 63.9 Å². The summed E-state index contributed by atoms with van der Waals surface area (Å²) in [6.45, 7) is 6.94. The predicted molar refractivity (Wildman–Crippen MR) is 112 cm³/mol. The Morgan fingerprint density at radius 1 is 0.971 bits per heavy atom. The number of halogens is 5. The molecule has 0 amide bonds. The third kappa shape index (κ3) is 6.24. The first-order chi connectivity index (χ1) is 15.4. The summed E-state index contributed by atoms with van der Waals surface area (Å²) in [4.78, 5) is 24.9. The summed E-state index contributed by atoms with van der Waals surface area (Å²) in [5, 5.41) is 29.5. The van der Waals surface area contributed by atoms with Crippen molar-refractivity contribution in [3.63, 3.8) is 0 Å². The molecule has 16 heteroatoms. The smallest absolute Gasteiger partial charge is 0.515 e. The number of benzene rings is 1. The van der Waals surface area contributed by atoms with Crippen molar-refractivity contribution in [3.8, 4) is 0 Å². The molecule has 200 valence electrons. The van der Waals surface area contributed by atoms with Gasteiger partial charge in [-0.2, -0.15) is 30.4 Å². The number of hydrogen-bond acceptors (Lipinski definition) is 9. The molecule has 0 saturated carbocycles. The summed E-state index contributed by atoms with van der Waals surface area (Å²) < 4.78 is 99.7. The quantitative estimate of drug-likeness (QED) is 0.138. The van der Waals surface area contributed by atoms with E-state index >= 15 is 8.78 Å². The Morgan fingerprint density at radius 2 is 1.43 bits per heavy atom. The molecule has 2 unspecified atom stereocenters. The molecule has 0 aliphatic carbocycles. The van der Waals surface area contributed by atoms with Gasteiger partial charge in [0.05, 0.1) is 0 Å². The molecule has 1 rings (SSSR count). The molecule has 0 saturated heterocycles. The third-order valence-corrected chi connectivity index (χ3v) is 10.7. The van der Waals surface area contributed by atoms with E-state index in [0.29, 0.717) is 0 Å². The van der Waals surface area contributed by atoms with Gasteiger partial charge < -0.3 is 19.7 Å². The maximum Gasteiger partial charge on any atom is 0.523 e. The third-order valence-electron chi connectivity index (χ3n) is 5.39. The van der Waals surface area contributed by atoms with Crippen molar-refractivity contribution in [2.75, 3.05) is 0 Å². The molecule has 0 fully saturated rings. The van der Waals surface area contributed by atoms with Crippen molar-refractivity contribution >= 4 is 30.2 Å². The van der Waals surface area contributed by atoms with E-state index in [1.54, 1.807) is 0 Å². The van der Waals surface area contributed by atoms with Gasteiger partial charge in [0.15, 0.2) is 0 Å². The standard InChI is InChI=1S/C19H25F5O9SSi/c1-16(2,3)35(4,5)32-15(28)17(20,21)18(29,33-34(30,31)19(22,23)24)14(27)13(26)12(25)11-9-7-6-8-10-11/h6-10,12-13,25-26,29H,1-5H3/t12?,13?,18-/m1/s1. The van der Waals surface area contributed by atoms with Crippen molar-refractivity contribution in [3.05, 3.63) is 35.9 Å². The first-order valence-corrected chi connectivity index (χ1v) is 14.0. The Kier molecular flexibility index (Phi) is 8.71. The van der Waals surface area contributed by atoms with Crippen molar-refractivity contribution in [2.24, 2.45) is 0 Å². The molecule has 1 aromatic carbocycles. The maximum absolute atomic E-state index is 15.1. The minimum absolute atomic E-state index is 0.332. The van der Waals surface area contributed by atoms with Gasteiger partial charge in [-0.3, -0.25) is 4.79 Å². The fraction of sp³-hybridized carbons (Fsp3) is 0.579. The average Bonchev–Trinajstić information content (AvgIpc) is 2.70. The molecule has 0 spiro atoms. The maximum atomic E-state index is 15.1. The Morgan fingerprint density at radius 3 is 1.83 bits per heavy atom. The average molecular weight is 553 g/mol. The van der Waals surface area contributed by atoms with E-state index in [-0.39, 0.29) is 5.56 Å². The van der Waals surface area contributed by atoms with Crippen molar-refractivity contribution in [1.82, 2.24) is 0 Å². The number of Topliss-reactive ketones (excluding diaryl/α,β-unsaturated/α-hetero) is 1. The summed E-state index contributed by atoms with van der Waals surface area (Å²) in [5.74, 6) is -16.9. The highest BCUT2D eigenvalue weighted by Crippen LogP contribution is 2.42. The highest BCUT2D eigenvalue weighted by molar-refractivity contribution is 7.87. The minimum atomic E-state index is -7.15. The van der Waals surface area contributed by atoms with E-state index < -0.39 is 64.7 Å². The summed E-state index contributed by atoms with van der Waals surface area (Å²) in [7, 11) is -10.6. The summed E-state index contributed by atoms with van der Waals surface area (Å²) in [6.07, 6.45) is -5.61. The second kappa shape index (κ2) is 9.82. The summed E-state index contributed by atoms with van der Waals surface area (Å²) >= 11 is 0. The van der Waals surface area contributed by atoms with E-state index in [9.17, 15) is 46.5 Å². The normalized spacial score (nSPS) is 17.3. The summed E-state index contributed by atoms with van der Waals surface area (Å²) in [5.41, 5.74) is -6.76. The number of carbonyl (C=O) groups is 2. The monoisotopic (exact) mass is 552 g/mol. The van der Waals surface area contributed by atoms with E-state index in [0.717, 1.165) is 12.1 Å². The zero-order valence-electron chi connectivity index (χ0n) is 19.1. The molecule has 3 atom stereocenters. The highest BCUT2D eigenvalue weighted by atomic mass is 32.2.